The summed E-state index contributed by atoms with van der Waals surface area (Å²) in [5, 5.41) is 6.90. The first-order valence-electron chi connectivity index (χ1n) is 7.25. The van der Waals surface area contributed by atoms with Crippen LogP contribution in [0, 0.1) is 0 Å². The SMILES string of the molecule is O=C(C=Cc1ccccc1)Nc1ccc(Cn2cncn2)cc1. The third-order valence-corrected chi connectivity index (χ3v) is 3.26. The highest BCUT2D eigenvalue weighted by molar-refractivity contribution is 6.01. The Kier molecular flexibility index (Phi) is 4.59. The van der Waals surface area contributed by atoms with Gasteiger partial charge in [0.25, 0.3) is 0 Å². The third kappa shape index (κ3) is 4.38. The molecule has 1 amide bonds. The summed E-state index contributed by atoms with van der Waals surface area (Å²) in [5.74, 6) is -0.155. The van der Waals surface area contributed by atoms with E-state index in [0.29, 0.717) is 6.54 Å². The molecular weight excluding hydrogens is 288 g/mol. The van der Waals surface area contributed by atoms with Crippen LogP contribution in [0.4, 0.5) is 5.69 Å². The number of anilines is 1. The van der Waals surface area contributed by atoms with Gasteiger partial charge in [-0.25, -0.2) is 9.67 Å². The topological polar surface area (TPSA) is 59.8 Å². The molecule has 1 heterocycles. The van der Waals surface area contributed by atoms with Crippen LogP contribution in [0.1, 0.15) is 11.1 Å². The van der Waals surface area contributed by atoms with Gasteiger partial charge < -0.3 is 5.32 Å². The van der Waals surface area contributed by atoms with Gasteiger partial charge in [0.2, 0.25) is 5.91 Å². The fourth-order valence-corrected chi connectivity index (χ4v) is 2.11. The van der Waals surface area contributed by atoms with Gasteiger partial charge in [-0.15, -0.1) is 0 Å². The van der Waals surface area contributed by atoms with Crippen molar-refractivity contribution in [3.8, 4) is 0 Å². The molecule has 3 rings (SSSR count). The molecule has 2 aromatic carbocycles. The van der Waals surface area contributed by atoms with Gasteiger partial charge in [0.15, 0.2) is 0 Å². The highest BCUT2D eigenvalue weighted by Gasteiger charge is 2.00. The van der Waals surface area contributed by atoms with E-state index in [2.05, 4.69) is 15.4 Å². The first kappa shape index (κ1) is 14.7. The van der Waals surface area contributed by atoms with Crippen LogP contribution in [0.15, 0.2) is 73.3 Å². The van der Waals surface area contributed by atoms with Gasteiger partial charge in [-0.2, -0.15) is 5.10 Å². The van der Waals surface area contributed by atoms with Crippen LogP contribution < -0.4 is 5.32 Å². The molecule has 3 aromatic rings. The Morgan fingerprint density at radius 3 is 2.57 bits per heavy atom. The van der Waals surface area contributed by atoms with Gasteiger partial charge in [0.05, 0.1) is 6.54 Å². The van der Waals surface area contributed by atoms with Crippen LogP contribution in [0.2, 0.25) is 0 Å². The Morgan fingerprint density at radius 2 is 1.87 bits per heavy atom. The van der Waals surface area contributed by atoms with Crippen molar-refractivity contribution in [1.82, 2.24) is 14.8 Å². The molecule has 0 aliphatic rings. The fraction of sp³-hybridized carbons (Fsp3) is 0.0556. The average molecular weight is 304 g/mol. The van der Waals surface area contributed by atoms with Crippen molar-refractivity contribution in [2.45, 2.75) is 6.54 Å². The number of amides is 1. The van der Waals surface area contributed by atoms with E-state index in [1.165, 1.54) is 12.4 Å². The number of carbonyl (C=O) groups excluding carboxylic acids is 1. The molecule has 1 N–H and O–H groups in total. The Balaban J connectivity index is 1.57. The van der Waals surface area contributed by atoms with Gasteiger partial charge in [0, 0.05) is 11.8 Å². The smallest absolute Gasteiger partial charge is 0.248 e. The standard InChI is InChI=1S/C18H16N4O/c23-18(11-8-15-4-2-1-3-5-15)21-17-9-6-16(7-10-17)12-22-14-19-13-20-22/h1-11,13-14H,12H2,(H,21,23). The van der Waals surface area contributed by atoms with E-state index in [0.717, 1.165) is 16.8 Å². The number of nitrogens with one attached hydrogen (secondary N) is 1. The van der Waals surface area contributed by atoms with Crippen LogP contribution in [0.5, 0.6) is 0 Å². The minimum absolute atomic E-state index is 0.155. The van der Waals surface area contributed by atoms with Crippen LogP contribution >= 0.6 is 0 Å². The van der Waals surface area contributed by atoms with Gasteiger partial charge >= 0.3 is 0 Å². The summed E-state index contributed by atoms with van der Waals surface area (Å²) < 4.78 is 1.75. The second-order valence-electron chi connectivity index (χ2n) is 5.02. The second kappa shape index (κ2) is 7.17. The van der Waals surface area contributed by atoms with Gasteiger partial charge in [-0.3, -0.25) is 4.79 Å². The zero-order valence-corrected chi connectivity index (χ0v) is 12.5. The maximum Gasteiger partial charge on any atom is 0.248 e. The lowest BCUT2D eigenvalue weighted by atomic mass is 10.2. The van der Waals surface area contributed by atoms with Gasteiger partial charge in [-0.1, -0.05) is 42.5 Å². The van der Waals surface area contributed by atoms with Crippen LogP contribution in [0.25, 0.3) is 6.08 Å². The summed E-state index contributed by atoms with van der Waals surface area (Å²) in [4.78, 5) is 15.8. The molecule has 5 nitrogen and oxygen atoms in total. The normalized spacial score (nSPS) is 10.8. The number of benzene rings is 2. The molecule has 0 spiro atoms. The second-order valence-corrected chi connectivity index (χ2v) is 5.02. The quantitative estimate of drug-likeness (QED) is 0.737. The predicted molar refractivity (Wildman–Crippen MR) is 89.7 cm³/mol. The number of hydrogen-bond donors (Lipinski definition) is 1. The Bertz CT molecular complexity index is 778. The molecule has 0 saturated heterocycles. The molecule has 1 aromatic heterocycles. The molecule has 0 atom stereocenters. The zero-order chi connectivity index (χ0) is 15.9. The predicted octanol–water partition coefficient (Wildman–Crippen LogP) is 2.98. The maximum absolute atomic E-state index is 11.9. The van der Waals surface area contributed by atoms with Crippen molar-refractivity contribution in [2.24, 2.45) is 0 Å². The lowest BCUT2D eigenvalue weighted by molar-refractivity contribution is -0.111. The molecule has 23 heavy (non-hydrogen) atoms. The van der Waals surface area contributed by atoms with E-state index in [4.69, 9.17) is 0 Å². The summed E-state index contributed by atoms with van der Waals surface area (Å²) in [7, 11) is 0. The molecule has 0 fully saturated rings. The molecule has 0 bridgehead atoms. The molecule has 0 radical (unpaired) electrons. The van der Waals surface area contributed by atoms with Gasteiger partial charge in [-0.05, 0) is 29.3 Å². The number of hydrogen-bond acceptors (Lipinski definition) is 3. The summed E-state index contributed by atoms with van der Waals surface area (Å²) in [5.41, 5.74) is 2.84. The van der Waals surface area contributed by atoms with Crippen molar-refractivity contribution in [3.63, 3.8) is 0 Å². The van der Waals surface area contributed by atoms with E-state index in [1.807, 2.05) is 54.6 Å². The Morgan fingerprint density at radius 1 is 1.09 bits per heavy atom. The van der Waals surface area contributed by atoms with Crippen molar-refractivity contribution in [2.75, 3.05) is 5.32 Å². The molecule has 114 valence electrons. The third-order valence-electron chi connectivity index (χ3n) is 3.26. The zero-order valence-electron chi connectivity index (χ0n) is 12.5. The van der Waals surface area contributed by atoms with E-state index in [9.17, 15) is 4.79 Å². The van der Waals surface area contributed by atoms with Gasteiger partial charge in [0.1, 0.15) is 12.7 Å². The summed E-state index contributed by atoms with van der Waals surface area (Å²) >= 11 is 0. The molecule has 0 aliphatic heterocycles. The average Bonchev–Trinajstić information content (AvgIpc) is 3.09. The van der Waals surface area contributed by atoms with E-state index in [1.54, 1.807) is 17.1 Å². The first-order valence-corrected chi connectivity index (χ1v) is 7.25. The van der Waals surface area contributed by atoms with Crippen molar-refractivity contribution in [1.29, 1.82) is 0 Å². The minimum atomic E-state index is -0.155. The van der Waals surface area contributed by atoms with E-state index < -0.39 is 0 Å². The van der Waals surface area contributed by atoms with E-state index in [-0.39, 0.29) is 5.91 Å². The van der Waals surface area contributed by atoms with Crippen LogP contribution in [-0.2, 0) is 11.3 Å². The highest BCUT2D eigenvalue weighted by atomic mass is 16.1. The van der Waals surface area contributed by atoms with Crippen molar-refractivity contribution in [3.05, 3.63) is 84.5 Å². The number of nitrogens with zero attached hydrogens (tertiary/aromatic N) is 3. The lowest BCUT2D eigenvalue weighted by Gasteiger charge is -2.05. The largest absolute Gasteiger partial charge is 0.323 e. The van der Waals surface area contributed by atoms with Crippen LogP contribution in [-0.4, -0.2) is 20.7 Å². The monoisotopic (exact) mass is 304 g/mol. The lowest BCUT2D eigenvalue weighted by Crippen LogP contribution is -2.08. The van der Waals surface area contributed by atoms with Crippen molar-refractivity contribution < 1.29 is 4.79 Å². The van der Waals surface area contributed by atoms with Crippen molar-refractivity contribution >= 4 is 17.7 Å². The van der Waals surface area contributed by atoms with E-state index >= 15 is 0 Å². The first-order chi connectivity index (χ1) is 11.3. The molecule has 0 unspecified atom stereocenters. The summed E-state index contributed by atoms with van der Waals surface area (Å²) in [6.07, 6.45) is 6.49. The summed E-state index contributed by atoms with van der Waals surface area (Å²) in [6.45, 7) is 0.655. The van der Waals surface area contributed by atoms with Crippen LogP contribution in [0.3, 0.4) is 0 Å². The molecular formula is C18H16N4O. The fourth-order valence-electron chi connectivity index (χ4n) is 2.11. The number of aromatic nitrogens is 3. The molecule has 5 heteroatoms. The minimum Gasteiger partial charge on any atom is -0.323 e. The molecule has 0 aliphatic carbocycles. The summed E-state index contributed by atoms with van der Waals surface area (Å²) in [6, 6.07) is 17.4. The molecule has 0 saturated carbocycles. The highest BCUT2D eigenvalue weighted by Crippen LogP contribution is 2.11. The Labute approximate surface area is 134 Å². The number of carbonyl (C=O) groups is 1. The Hall–Kier alpha value is -3.21. The number of rotatable bonds is 5. The maximum atomic E-state index is 11.9.